The molecule has 2 atom stereocenters. The standard InChI is InChI=1S/C21H26N2O4S/c1-14-9-10-18(28(25,26)22-20-8-6-5-7-15(20)2)11-19(14)21(24)23-12-16(3)27-17(4)13-23/h5-11,16-17,22H,12-13H2,1-4H3. The Balaban J connectivity index is 1.90. The molecule has 6 nitrogen and oxygen atoms in total. The molecule has 1 aliphatic rings. The minimum atomic E-state index is -3.81. The Labute approximate surface area is 166 Å². The van der Waals surface area contributed by atoms with Crippen molar-refractivity contribution in [1.29, 1.82) is 0 Å². The van der Waals surface area contributed by atoms with Gasteiger partial charge < -0.3 is 9.64 Å². The second-order valence-corrected chi connectivity index (χ2v) is 9.05. The van der Waals surface area contributed by atoms with E-state index in [1.807, 2.05) is 39.8 Å². The highest BCUT2D eigenvalue weighted by molar-refractivity contribution is 7.92. The number of nitrogens with one attached hydrogen (secondary N) is 1. The molecule has 2 unspecified atom stereocenters. The van der Waals surface area contributed by atoms with Crippen LogP contribution in [0.4, 0.5) is 5.69 Å². The van der Waals surface area contributed by atoms with Crippen LogP contribution < -0.4 is 4.72 Å². The molecule has 2 aromatic rings. The van der Waals surface area contributed by atoms with Gasteiger partial charge in [-0.2, -0.15) is 0 Å². The summed E-state index contributed by atoms with van der Waals surface area (Å²) >= 11 is 0. The number of benzene rings is 2. The Morgan fingerprint density at radius 1 is 1.04 bits per heavy atom. The third-order valence-corrected chi connectivity index (χ3v) is 6.21. The fourth-order valence-corrected chi connectivity index (χ4v) is 4.56. The lowest BCUT2D eigenvalue weighted by Crippen LogP contribution is -2.48. The van der Waals surface area contributed by atoms with E-state index in [0.717, 1.165) is 11.1 Å². The van der Waals surface area contributed by atoms with Crippen molar-refractivity contribution in [1.82, 2.24) is 4.90 Å². The number of hydrogen-bond acceptors (Lipinski definition) is 4. The van der Waals surface area contributed by atoms with Gasteiger partial charge in [-0.1, -0.05) is 24.3 Å². The zero-order chi connectivity index (χ0) is 20.5. The zero-order valence-electron chi connectivity index (χ0n) is 16.6. The number of hydrogen-bond donors (Lipinski definition) is 1. The number of amides is 1. The molecule has 0 aliphatic carbocycles. The van der Waals surface area contributed by atoms with Crippen LogP contribution in [0.3, 0.4) is 0 Å². The summed E-state index contributed by atoms with van der Waals surface area (Å²) in [4.78, 5) is 14.9. The number of morpholine rings is 1. The lowest BCUT2D eigenvalue weighted by Gasteiger charge is -2.35. The molecule has 1 fully saturated rings. The number of sulfonamides is 1. The van der Waals surface area contributed by atoms with Crippen LogP contribution in [0.25, 0.3) is 0 Å². The maximum atomic E-state index is 13.1. The van der Waals surface area contributed by atoms with Gasteiger partial charge >= 0.3 is 0 Å². The molecule has 1 aliphatic heterocycles. The lowest BCUT2D eigenvalue weighted by molar-refractivity contribution is -0.0586. The minimum absolute atomic E-state index is 0.0531. The minimum Gasteiger partial charge on any atom is -0.372 e. The fourth-order valence-electron chi connectivity index (χ4n) is 3.40. The average Bonchev–Trinajstić information content (AvgIpc) is 2.62. The molecule has 1 N–H and O–H groups in total. The highest BCUT2D eigenvalue weighted by Gasteiger charge is 2.28. The number of anilines is 1. The van der Waals surface area contributed by atoms with Crippen LogP contribution in [-0.2, 0) is 14.8 Å². The molecule has 150 valence electrons. The second-order valence-electron chi connectivity index (χ2n) is 7.36. The van der Waals surface area contributed by atoms with Gasteiger partial charge in [0.1, 0.15) is 0 Å². The molecule has 28 heavy (non-hydrogen) atoms. The van der Waals surface area contributed by atoms with E-state index in [2.05, 4.69) is 4.72 Å². The topological polar surface area (TPSA) is 75.7 Å². The SMILES string of the molecule is Cc1ccccc1NS(=O)(=O)c1ccc(C)c(C(=O)N2CC(C)OC(C)C2)c1. The van der Waals surface area contributed by atoms with Gasteiger partial charge in [0, 0.05) is 18.7 Å². The Kier molecular flexibility index (Phi) is 5.76. The monoisotopic (exact) mass is 402 g/mol. The summed E-state index contributed by atoms with van der Waals surface area (Å²) in [6.45, 7) is 8.47. The molecular weight excluding hydrogens is 376 g/mol. The van der Waals surface area contributed by atoms with Gasteiger partial charge in [0.25, 0.3) is 15.9 Å². The lowest BCUT2D eigenvalue weighted by atomic mass is 10.1. The van der Waals surface area contributed by atoms with Gasteiger partial charge in [-0.15, -0.1) is 0 Å². The molecule has 0 spiro atoms. The van der Waals surface area contributed by atoms with Crippen LogP contribution in [-0.4, -0.2) is 44.5 Å². The predicted molar refractivity (Wildman–Crippen MR) is 109 cm³/mol. The Bertz CT molecular complexity index is 978. The largest absolute Gasteiger partial charge is 0.372 e. The van der Waals surface area contributed by atoms with Crippen molar-refractivity contribution in [3.8, 4) is 0 Å². The number of rotatable bonds is 4. The van der Waals surface area contributed by atoms with E-state index < -0.39 is 10.0 Å². The quantitative estimate of drug-likeness (QED) is 0.851. The average molecular weight is 403 g/mol. The van der Waals surface area contributed by atoms with Crippen molar-refractivity contribution >= 4 is 21.6 Å². The van der Waals surface area contributed by atoms with E-state index in [1.54, 1.807) is 23.1 Å². The van der Waals surface area contributed by atoms with E-state index in [1.165, 1.54) is 12.1 Å². The van der Waals surface area contributed by atoms with Crippen molar-refractivity contribution in [2.75, 3.05) is 17.8 Å². The highest BCUT2D eigenvalue weighted by Crippen LogP contribution is 2.23. The second kappa shape index (κ2) is 7.93. The maximum absolute atomic E-state index is 13.1. The molecule has 7 heteroatoms. The van der Waals surface area contributed by atoms with E-state index in [-0.39, 0.29) is 23.0 Å². The first kappa shape index (κ1) is 20.4. The van der Waals surface area contributed by atoms with Crippen LogP contribution in [0, 0.1) is 13.8 Å². The van der Waals surface area contributed by atoms with Crippen molar-refractivity contribution in [3.05, 3.63) is 59.2 Å². The number of ether oxygens (including phenoxy) is 1. The molecule has 1 saturated heterocycles. The van der Waals surface area contributed by atoms with E-state index in [9.17, 15) is 13.2 Å². The number of para-hydroxylation sites is 1. The number of carbonyl (C=O) groups is 1. The fraction of sp³-hybridized carbons (Fsp3) is 0.381. The molecule has 3 rings (SSSR count). The molecule has 0 aromatic heterocycles. The maximum Gasteiger partial charge on any atom is 0.261 e. The van der Waals surface area contributed by atoms with Gasteiger partial charge in [-0.25, -0.2) is 8.42 Å². The first-order chi connectivity index (χ1) is 13.2. The molecule has 0 saturated carbocycles. The van der Waals surface area contributed by atoms with Crippen molar-refractivity contribution < 1.29 is 17.9 Å². The van der Waals surface area contributed by atoms with Crippen LogP contribution in [0.2, 0.25) is 0 Å². The summed E-state index contributed by atoms with van der Waals surface area (Å²) in [5.41, 5.74) is 2.48. The van der Waals surface area contributed by atoms with Crippen molar-refractivity contribution in [2.24, 2.45) is 0 Å². The summed E-state index contributed by atoms with van der Waals surface area (Å²) in [5, 5.41) is 0. The van der Waals surface area contributed by atoms with Crippen LogP contribution >= 0.6 is 0 Å². The summed E-state index contributed by atoms with van der Waals surface area (Å²) in [6, 6.07) is 11.8. The van der Waals surface area contributed by atoms with Crippen LogP contribution in [0.1, 0.15) is 35.3 Å². The molecule has 0 radical (unpaired) electrons. The first-order valence-electron chi connectivity index (χ1n) is 9.31. The van der Waals surface area contributed by atoms with Gasteiger partial charge in [0.2, 0.25) is 0 Å². The third-order valence-electron chi connectivity index (χ3n) is 4.85. The summed E-state index contributed by atoms with van der Waals surface area (Å²) in [5.74, 6) is -0.174. The van der Waals surface area contributed by atoms with Gasteiger partial charge in [-0.05, 0) is 57.0 Å². The zero-order valence-corrected chi connectivity index (χ0v) is 17.4. The smallest absolute Gasteiger partial charge is 0.261 e. The number of nitrogens with zero attached hydrogens (tertiary/aromatic N) is 1. The Hall–Kier alpha value is -2.38. The van der Waals surface area contributed by atoms with Gasteiger partial charge in [0.15, 0.2) is 0 Å². The molecular formula is C21H26N2O4S. The highest BCUT2D eigenvalue weighted by atomic mass is 32.2. The molecule has 1 amide bonds. The van der Waals surface area contributed by atoms with Crippen molar-refractivity contribution in [3.63, 3.8) is 0 Å². The molecule has 2 aromatic carbocycles. The van der Waals surface area contributed by atoms with Crippen LogP contribution in [0.15, 0.2) is 47.4 Å². The molecule has 0 bridgehead atoms. The van der Waals surface area contributed by atoms with E-state index in [4.69, 9.17) is 4.74 Å². The van der Waals surface area contributed by atoms with Gasteiger partial charge in [-0.3, -0.25) is 9.52 Å². The predicted octanol–water partition coefficient (Wildman–Crippen LogP) is 3.35. The van der Waals surface area contributed by atoms with E-state index in [0.29, 0.717) is 24.3 Å². The van der Waals surface area contributed by atoms with Crippen molar-refractivity contribution in [2.45, 2.75) is 44.8 Å². The number of aryl methyl sites for hydroxylation is 2. The summed E-state index contributed by atoms with van der Waals surface area (Å²) in [6.07, 6.45) is -0.106. The summed E-state index contributed by atoms with van der Waals surface area (Å²) < 4.78 is 34.0. The number of carbonyl (C=O) groups excluding carboxylic acids is 1. The normalized spacial score (nSPS) is 20.1. The summed E-state index contributed by atoms with van der Waals surface area (Å²) in [7, 11) is -3.81. The van der Waals surface area contributed by atoms with E-state index >= 15 is 0 Å². The first-order valence-corrected chi connectivity index (χ1v) is 10.8. The van der Waals surface area contributed by atoms with Crippen LogP contribution in [0.5, 0.6) is 0 Å². The van der Waals surface area contributed by atoms with Gasteiger partial charge in [0.05, 0.1) is 22.8 Å². The Morgan fingerprint density at radius 2 is 1.68 bits per heavy atom. The Morgan fingerprint density at radius 3 is 2.32 bits per heavy atom. The third kappa shape index (κ3) is 4.36. The molecule has 1 heterocycles.